The number of carbonyl (C=O) groups is 1. The van der Waals surface area contributed by atoms with Gasteiger partial charge in [-0.25, -0.2) is 4.39 Å². The molecule has 1 aliphatic heterocycles. The number of alkyl halides is 1. The molecule has 2 aliphatic rings. The van der Waals surface area contributed by atoms with Crippen LogP contribution in [-0.2, 0) is 9.53 Å². The molecule has 7 heteroatoms. The Kier molecular flexibility index (Phi) is 11.5. The Morgan fingerprint density at radius 1 is 1.37 bits per heavy atom. The van der Waals surface area contributed by atoms with Crippen LogP contribution in [0, 0.1) is 11.8 Å². The normalized spacial score (nSPS) is 32.0. The van der Waals surface area contributed by atoms with Crippen molar-refractivity contribution in [1.82, 2.24) is 0 Å². The quantitative estimate of drug-likeness (QED) is 0.354. The monoisotopic (exact) mass is 396 g/mol. The van der Waals surface area contributed by atoms with Crippen molar-refractivity contribution in [3.8, 4) is 0 Å². The molecule has 0 unspecified atom stereocenters. The SMILES string of the molecule is CCCCC[C@H](O)CC[C@@H]1[C@@H]2[C@H](C[C@H]1O)O/C(=C\CCCC(=O)O)[C@@H]2F.[H-].[Na+]. The second kappa shape index (κ2) is 12.4. The molecular weight excluding hydrogens is 362 g/mol. The molecule has 2 fully saturated rings. The number of halogens is 1. The van der Waals surface area contributed by atoms with Gasteiger partial charge in [0.05, 0.1) is 12.2 Å². The Morgan fingerprint density at radius 2 is 2.11 bits per heavy atom. The molecule has 3 N–H and O–H groups in total. The van der Waals surface area contributed by atoms with Gasteiger partial charge < -0.3 is 21.5 Å². The van der Waals surface area contributed by atoms with Crippen LogP contribution in [0.3, 0.4) is 0 Å². The van der Waals surface area contributed by atoms with Crippen molar-refractivity contribution in [2.75, 3.05) is 0 Å². The molecule has 2 rings (SSSR count). The zero-order chi connectivity index (χ0) is 19.1. The van der Waals surface area contributed by atoms with E-state index in [-0.39, 0.29) is 61.4 Å². The predicted octanol–water partition coefficient (Wildman–Crippen LogP) is 0.697. The van der Waals surface area contributed by atoms with Gasteiger partial charge in [-0.05, 0) is 44.1 Å². The number of carboxylic acid groups (broad SMARTS) is 1. The fourth-order valence-corrected chi connectivity index (χ4v) is 4.27. The van der Waals surface area contributed by atoms with E-state index < -0.39 is 18.2 Å². The number of rotatable bonds is 11. The minimum atomic E-state index is -1.25. The van der Waals surface area contributed by atoms with Gasteiger partial charge >= 0.3 is 35.5 Å². The molecule has 6 atom stereocenters. The van der Waals surface area contributed by atoms with Crippen LogP contribution in [0.25, 0.3) is 0 Å². The molecule has 27 heavy (non-hydrogen) atoms. The van der Waals surface area contributed by atoms with Gasteiger partial charge in [0.25, 0.3) is 0 Å². The van der Waals surface area contributed by atoms with Crippen molar-refractivity contribution < 1.29 is 60.2 Å². The molecule has 1 heterocycles. The topological polar surface area (TPSA) is 87.0 Å². The van der Waals surface area contributed by atoms with Gasteiger partial charge in [-0.2, -0.15) is 0 Å². The molecule has 0 amide bonds. The molecular formula is C20H34FNaO5. The van der Waals surface area contributed by atoms with Gasteiger partial charge in [-0.15, -0.1) is 0 Å². The minimum Gasteiger partial charge on any atom is -1.00 e. The first-order valence-electron chi connectivity index (χ1n) is 10.0. The standard InChI is InChI=1S/C20H33FO5.Na.H/c1-2-3-4-7-13(22)10-11-14-15(23)12-17-19(14)20(21)16(26-17)8-5-6-9-18(24)25;;/h8,13-15,17,19-20,22-23H,2-7,9-12H2,1H3,(H,24,25);;/q;+1;-1/b16-8-;;/t13-,14-,15+,17-,19+,20-;;/m0../s1. The summed E-state index contributed by atoms with van der Waals surface area (Å²) in [6.07, 6.45) is 5.70. The van der Waals surface area contributed by atoms with E-state index in [2.05, 4.69) is 6.92 Å². The van der Waals surface area contributed by atoms with Crippen molar-refractivity contribution in [1.29, 1.82) is 0 Å². The van der Waals surface area contributed by atoms with Crippen LogP contribution in [0.1, 0.15) is 72.6 Å². The Bertz CT molecular complexity index is 493. The summed E-state index contributed by atoms with van der Waals surface area (Å²) in [6, 6.07) is 0. The first-order valence-corrected chi connectivity index (χ1v) is 10.0. The van der Waals surface area contributed by atoms with E-state index in [9.17, 15) is 19.4 Å². The third-order valence-corrected chi connectivity index (χ3v) is 5.70. The van der Waals surface area contributed by atoms with E-state index in [0.29, 0.717) is 37.9 Å². The summed E-state index contributed by atoms with van der Waals surface area (Å²) in [4.78, 5) is 10.5. The minimum absolute atomic E-state index is 0. The fourth-order valence-electron chi connectivity index (χ4n) is 4.27. The van der Waals surface area contributed by atoms with E-state index in [1.807, 2.05) is 0 Å². The maximum absolute atomic E-state index is 14.8. The Hall–Kier alpha value is -0.140. The number of aliphatic hydroxyl groups excluding tert-OH is 2. The smallest absolute Gasteiger partial charge is 1.00 e. The van der Waals surface area contributed by atoms with Crippen LogP contribution >= 0.6 is 0 Å². The molecule has 0 aromatic heterocycles. The zero-order valence-electron chi connectivity index (χ0n) is 17.6. The van der Waals surface area contributed by atoms with E-state index in [4.69, 9.17) is 9.84 Å². The van der Waals surface area contributed by atoms with Gasteiger partial charge in [0, 0.05) is 18.8 Å². The summed E-state index contributed by atoms with van der Waals surface area (Å²) in [7, 11) is 0. The van der Waals surface area contributed by atoms with Crippen molar-refractivity contribution in [3.05, 3.63) is 11.8 Å². The van der Waals surface area contributed by atoms with Crippen molar-refractivity contribution in [3.63, 3.8) is 0 Å². The van der Waals surface area contributed by atoms with Crippen LogP contribution in [0.15, 0.2) is 11.8 Å². The number of ether oxygens (including phenoxy) is 1. The number of aliphatic carboxylic acids is 1. The Balaban J connectivity index is 0.00000364. The summed E-state index contributed by atoms with van der Waals surface area (Å²) in [5.74, 6) is -1.12. The van der Waals surface area contributed by atoms with Crippen LogP contribution in [0.2, 0.25) is 0 Å². The van der Waals surface area contributed by atoms with Crippen molar-refractivity contribution >= 4 is 5.97 Å². The third kappa shape index (κ3) is 7.32. The number of unbranched alkanes of at least 4 members (excludes halogenated alkanes) is 3. The van der Waals surface area contributed by atoms with Crippen LogP contribution in [-0.4, -0.2) is 45.8 Å². The van der Waals surface area contributed by atoms with Crippen LogP contribution in [0.4, 0.5) is 4.39 Å². The molecule has 1 aliphatic carbocycles. The van der Waals surface area contributed by atoms with Crippen molar-refractivity contribution in [2.24, 2.45) is 11.8 Å². The maximum atomic E-state index is 14.8. The molecule has 1 saturated heterocycles. The number of allylic oxidation sites excluding steroid dienone is 2. The Morgan fingerprint density at radius 3 is 2.78 bits per heavy atom. The summed E-state index contributed by atoms with van der Waals surface area (Å²) in [5, 5.41) is 29.0. The van der Waals surface area contributed by atoms with Crippen molar-refractivity contribution in [2.45, 2.75) is 95.6 Å². The number of fused-ring (bicyclic) bond motifs is 1. The number of hydrogen-bond acceptors (Lipinski definition) is 4. The van der Waals surface area contributed by atoms with Crippen LogP contribution < -0.4 is 29.6 Å². The largest absolute Gasteiger partial charge is 1.00 e. The summed E-state index contributed by atoms with van der Waals surface area (Å²) < 4.78 is 20.5. The number of carboxylic acids is 1. The summed E-state index contributed by atoms with van der Waals surface area (Å²) in [5.41, 5.74) is 0. The molecule has 0 aromatic rings. The first-order chi connectivity index (χ1) is 12.4. The van der Waals surface area contributed by atoms with Gasteiger partial charge in [0.1, 0.15) is 11.9 Å². The maximum Gasteiger partial charge on any atom is 1.00 e. The summed E-state index contributed by atoms with van der Waals surface area (Å²) in [6.45, 7) is 2.12. The van der Waals surface area contributed by atoms with E-state index >= 15 is 0 Å². The summed E-state index contributed by atoms with van der Waals surface area (Å²) >= 11 is 0. The number of hydrogen-bond donors (Lipinski definition) is 3. The molecule has 152 valence electrons. The number of aliphatic hydroxyl groups is 2. The molecule has 1 saturated carbocycles. The molecule has 5 nitrogen and oxygen atoms in total. The van der Waals surface area contributed by atoms with Gasteiger partial charge in [0.15, 0.2) is 6.17 Å². The first kappa shape index (κ1) is 24.9. The predicted molar refractivity (Wildman–Crippen MR) is 97.4 cm³/mol. The van der Waals surface area contributed by atoms with Gasteiger partial charge in [-0.1, -0.05) is 26.2 Å². The molecule has 0 spiro atoms. The average Bonchev–Trinajstić information content (AvgIpc) is 3.05. The van der Waals surface area contributed by atoms with Crippen LogP contribution in [0.5, 0.6) is 0 Å². The second-order valence-corrected chi connectivity index (χ2v) is 7.72. The van der Waals surface area contributed by atoms with Gasteiger partial charge in [-0.3, -0.25) is 4.79 Å². The average molecular weight is 396 g/mol. The second-order valence-electron chi connectivity index (χ2n) is 7.72. The molecule has 0 aromatic carbocycles. The fraction of sp³-hybridized carbons (Fsp3) is 0.850. The Labute approximate surface area is 185 Å². The van der Waals surface area contributed by atoms with E-state index in [0.717, 1.165) is 25.7 Å². The van der Waals surface area contributed by atoms with E-state index in [1.54, 1.807) is 6.08 Å². The van der Waals surface area contributed by atoms with Gasteiger partial charge in [0.2, 0.25) is 0 Å². The molecule has 0 radical (unpaired) electrons. The van der Waals surface area contributed by atoms with E-state index in [1.165, 1.54) is 0 Å². The third-order valence-electron chi connectivity index (χ3n) is 5.70. The molecule has 0 bridgehead atoms. The zero-order valence-corrected chi connectivity index (χ0v) is 18.6.